The Hall–Kier alpha value is -1.34. The van der Waals surface area contributed by atoms with E-state index in [-0.39, 0.29) is 11.4 Å². The van der Waals surface area contributed by atoms with Crippen molar-refractivity contribution in [2.75, 3.05) is 13.2 Å². The Morgan fingerprint density at radius 2 is 2.38 bits per heavy atom. The summed E-state index contributed by atoms with van der Waals surface area (Å²) < 4.78 is 14.2. The van der Waals surface area contributed by atoms with Crippen molar-refractivity contribution < 1.29 is 4.39 Å². The number of benzene rings is 1. The number of fused-ring (bicyclic) bond motifs is 2. The van der Waals surface area contributed by atoms with E-state index in [0.717, 1.165) is 29.3 Å². The van der Waals surface area contributed by atoms with Crippen LogP contribution >= 0.6 is 22.9 Å². The van der Waals surface area contributed by atoms with E-state index < -0.39 is 0 Å². The van der Waals surface area contributed by atoms with Crippen LogP contribution in [0.15, 0.2) is 29.4 Å². The summed E-state index contributed by atoms with van der Waals surface area (Å²) in [6.45, 7) is 2.15. The van der Waals surface area contributed by atoms with E-state index in [1.807, 2.05) is 6.21 Å². The van der Waals surface area contributed by atoms with Crippen molar-refractivity contribution in [3.63, 3.8) is 0 Å². The minimum atomic E-state index is -0.381. The maximum absolute atomic E-state index is 13.6. The van der Waals surface area contributed by atoms with E-state index in [1.165, 1.54) is 17.4 Å². The van der Waals surface area contributed by atoms with Crippen LogP contribution in [0.3, 0.4) is 0 Å². The van der Waals surface area contributed by atoms with Crippen LogP contribution in [0.1, 0.15) is 10.4 Å². The van der Waals surface area contributed by atoms with Crippen LogP contribution in [-0.2, 0) is 12.1 Å². The summed E-state index contributed by atoms with van der Waals surface area (Å²) in [4.78, 5) is 11.9. The molecule has 0 bridgehead atoms. The van der Waals surface area contributed by atoms with Gasteiger partial charge < -0.3 is 5.32 Å². The average Bonchev–Trinajstić information content (AvgIpc) is 3.14. The van der Waals surface area contributed by atoms with Crippen LogP contribution in [0.5, 0.6) is 0 Å². The monoisotopic (exact) mass is 322 g/mol. The van der Waals surface area contributed by atoms with Gasteiger partial charge in [0.05, 0.1) is 11.2 Å². The molecule has 4 rings (SSSR count). The molecule has 0 amide bonds. The molecular weight excluding hydrogens is 311 g/mol. The van der Waals surface area contributed by atoms with Crippen LogP contribution in [0.25, 0.3) is 0 Å². The number of hydrogen-bond donors (Lipinski definition) is 1. The molecular formula is C14H12ClFN4S. The lowest BCUT2D eigenvalue weighted by Gasteiger charge is -2.32. The molecule has 0 aliphatic carbocycles. The minimum Gasteiger partial charge on any atom is -0.302 e. The molecule has 2 aliphatic heterocycles. The molecule has 1 fully saturated rings. The average molecular weight is 323 g/mol. The van der Waals surface area contributed by atoms with E-state index in [2.05, 4.69) is 20.2 Å². The van der Waals surface area contributed by atoms with E-state index in [4.69, 9.17) is 11.6 Å². The number of aliphatic imine (C=N–C) groups is 1. The van der Waals surface area contributed by atoms with Crippen LogP contribution in [0, 0.1) is 5.82 Å². The highest BCUT2D eigenvalue weighted by molar-refractivity contribution is 7.15. The molecule has 0 saturated carbocycles. The van der Waals surface area contributed by atoms with Crippen LogP contribution in [0.4, 0.5) is 10.1 Å². The minimum absolute atomic E-state index is 0.230. The van der Waals surface area contributed by atoms with E-state index >= 15 is 0 Å². The van der Waals surface area contributed by atoms with Crippen molar-refractivity contribution in [1.29, 1.82) is 0 Å². The second-order valence-electron chi connectivity index (χ2n) is 5.21. The standard InChI is InChI=1S/C14H12ClFN4S/c15-13-18-4-10(21-13)5-20-8-17-6-14(20)7-19-12-2-1-9(16)3-11(12)14/h1-4,7,17H,5-6,8H2/t14-/m1/s1. The number of nitrogens with zero attached hydrogens (tertiary/aromatic N) is 3. The van der Waals surface area contributed by atoms with Gasteiger partial charge in [0.1, 0.15) is 5.82 Å². The number of thiazole rings is 1. The van der Waals surface area contributed by atoms with Crippen LogP contribution in [0.2, 0.25) is 4.47 Å². The first-order valence-corrected chi connectivity index (χ1v) is 7.78. The van der Waals surface area contributed by atoms with Gasteiger partial charge in [-0.05, 0) is 18.2 Å². The normalized spacial score (nSPS) is 24.1. The maximum atomic E-state index is 13.6. The fourth-order valence-electron chi connectivity index (χ4n) is 2.98. The fraction of sp³-hybridized carbons (Fsp3) is 0.286. The fourth-order valence-corrected chi connectivity index (χ4v) is 3.98. The van der Waals surface area contributed by atoms with Gasteiger partial charge in [-0.15, -0.1) is 11.3 Å². The SMILES string of the molecule is Fc1ccc2c(c1)[C@]1(C=N2)CNCN1Cc1cnc(Cl)s1. The van der Waals surface area contributed by atoms with Gasteiger partial charge >= 0.3 is 0 Å². The molecule has 2 aliphatic rings. The van der Waals surface area contributed by atoms with Gasteiger partial charge in [0.2, 0.25) is 0 Å². The van der Waals surface area contributed by atoms with Gasteiger partial charge in [-0.1, -0.05) is 11.6 Å². The Bertz CT molecular complexity index is 732. The van der Waals surface area contributed by atoms with Gasteiger partial charge in [-0.3, -0.25) is 9.89 Å². The van der Waals surface area contributed by atoms with Gasteiger partial charge in [0.25, 0.3) is 0 Å². The third-order valence-corrected chi connectivity index (χ3v) is 5.08. The number of rotatable bonds is 2. The predicted octanol–water partition coefficient (Wildman–Crippen LogP) is 2.91. The third kappa shape index (κ3) is 2.10. The van der Waals surface area contributed by atoms with E-state index in [0.29, 0.717) is 11.0 Å². The summed E-state index contributed by atoms with van der Waals surface area (Å²) in [5.41, 5.74) is 1.38. The van der Waals surface area contributed by atoms with Gasteiger partial charge in [-0.25, -0.2) is 9.37 Å². The number of hydrogen-bond acceptors (Lipinski definition) is 5. The Kier molecular flexibility index (Phi) is 3.08. The molecule has 1 atom stereocenters. The largest absolute Gasteiger partial charge is 0.302 e. The lowest BCUT2D eigenvalue weighted by atomic mass is 9.91. The molecule has 21 heavy (non-hydrogen) atoms. The quantitative estimate of drug-likeness (QED) is 0.924. The van der Waals surface area contributed by atoms with E-state index in [1.54, 1.807) is 18.3 Å². The number of nitrogens with one attached hydrogen (secondary N) is 1. The maximum Gasteiger partial charge on any atom is 0.183 e. The summed E-state index contributed by atoms with van der Waals surface area (Å²) in [7, 11) is 0. The first-order valence-electron chi connectivity index (χ1n) is 6.59. The second-order valence-corrected chi connectivity index (χ2v) is 6.90. The molecule has 1 aromatic carbocycles. The molecule has 1 saturated heterocycles. The molecule has 1 spiro atoms. The first-order chi connectivity index (χ1) is 10.2. The topological polar surface area (TPSA) is 40.5 Å². The molecule has 1 aromatic heterocycles. The van der Waals surface area contributed by atoms with Crippen LogP contribution in [-0.4, -0.2) is 29.3 Å². The smallest absolute Gasteiger partial charge is 0.183 e. The molecule has 3 heterocycles. The Morgan fingerprint density at radius 3 is 3.19 bits per heavy atom. The van der Waals surface area contributed by atoms with Crippen molar-refractivity contribution in [1.82, 2.24) is 15.2 Å². The molecule has 0 radical (unpaired) electrons. The van der Waals surface area contributed by atoms with Crippen molar-refractivity contribution in [2.45, 2.75) is 12.1 Å². The van der Waals surface area contributed by atoms with Crippen molar-refractivity contribution in [3.8, 4) is 0 Å². The zero-order valence-electron chi connectivity index (χ0n) is 11.0. The summed E-state index contributed by atoms with van der Waals surface area (Å²) in [6.07, 6.45) is 3.71. The zero-order valence-corrected chi connectivity index (χ0v) is 12.6. The van der Waals surface area contributed by atoms with Crippen LogP contribution < -0.4 is 5.32 Å². The Morgan fingerprint density at radius 1 is 1.48 bits per heavy atom. The first kappa shape index (κ1) is 13.3. The van der Waals surface area contributed by atoms with Crippen molar-refractivity contribution >= 4 is 34.8 Å². The third-order valence-electron chi connectivity index (χ3n) is 3.98. The van der Waals surface area contributed by atoms with Crippen molar-refractivity contribution in [2.24, 2.45) is 4.99 Å². The lowest BCUT2D eigenvalue weighted by molar-refractivity contribution is 0.211. The number of aromatic nitrogens is 1. The molecule has 7 heteroatoms. The lowest BCUT2D eigenvalue weighted by Crippen LogP contribution is -2.42. The summed E-state index contributed by atoms with van der Waals surface area (Å²) >= 11 is 7.36. The van der Waals surface area contributed by atoms with E-state index in [9.17, 15) is 4.39 Å². The molecule has 108 valence electrons. The Labute approximate surface area is 130 Å². The molecule has 4 nitrogen and oxygen atoms in total. The van der Waals surface area contributed by atoms with Gasteiger partial charge in [0, 0.05) is 42.6 Å². The highest BCUT2D eigenvalue weighted by Gasteiger charge is 2.45. The molecule has 0 unspecified atom stereocenters. The highest BCUT2D eigenvalue weighted by Crippen LogP contribution is 2.42. The summed E-state index contributed by atoms with van der Waals surface area (Å²) in [5, 5.41) is 3.36. The second kappa shape index (κ2) is 4.84. The molecule has 2 aromatic rings. The highest BCUT2D eigenvalue weighted by atomic mass is 35.5. The summed E-state index contributed by atoms with van der Waals surface area (Å²) in [6, 6.07) is 4.77. The summed E-state index contributed by atoms with van der Waals surface area (Å²) in [5.74, 6) is -0.230. The number of halogens is 2. The predicted molar refractivity (Wildman–Crippen MR) is 81.8 cm³/mol. The van der Waals surface area contributed by atoms with Gasteiger partial charge in [-0.2, -0.15) is 0 Å². The van der Waals surface area contributed by atoms with Crippen molar-refractivity contribution in [3.05, 3.63) is 45.1 Å². The van der Waals surface area contributed by atoms with Gasteiger partial charge in [0.15, 0.2) is 4.47 Å². The Balaban J connectivity index is 1.71. The zero-order chi connectivity index (χ0) is 14.4. The molecule has 1 N–H and O–H groups in total.